The molecule has 1 heteroatoms. The number of rotatable bonds is 8. The molecule has 0 aromatic heterocycles. The van der Waals surface area contributed by atoms with Crippen molar-refractivity contribution in [1.82, 2.24) is 0 Å². The molecule has 0 aliphatic carbocycles. The molecule has 0 aliphatic rings. The number of halogens is 1. The summed E-state index contributed by atoms with van der Waals surface area (Å²) < 4.78 is 0.307. The van der Waals surface area contributed by atoms with Crippen molar-refractivity contribution < 1.29 is 0 Å². The SMILES string of the molecule is C=C(CCC(C)C(C)CC)[C@@](C)(I)CCC. The van der Waals surface area contributed by atoms with Gasteiger partial charge in [-0.3, -0.25) is 0 Å². The van der Waals surface area contributed by atoms with E-state index in [1.54, 1.807) is 0 Å². The van der Waals surface area contributed by atoms with Gasteiger partial charge in [-0.2, -0.15) is 0 Å². The highest BCUT2D eigenvalue weighted by molar-refractivity contribution is 14.1. The van der Waals surface area contributed by atoms with Gasteiger partial charge in [0.1, 0.15) is 0 Å². The number of alkyl halides is 1. The maximum absolute atomic E-state index is 4.29. The minimum absolute atomic E-state index is 0.307. The van der Waals surface area contributed by atoms with Crippen molar-refractivity contribution in [3.05, 3.63) is 12.2 Å². The average molecular weight is 336 g/mol. The maximum atomic E-state index is 4.29. The largest absolute Gasteiger partial charge is 0.0985 e. The van der Waals surface area contributed by atoms with Crippen LogP contribution in [0, 0.1) is 11.8 Å². The third kappa shape index (κ3) is 5.70. The Morgan fingerprint density at radius 3 is 2.25 bits per heavy atom. The first-order valence-corrected chi connectivity index (χ1v) is 7.80. The Morgan fingerprint density at radius 1 is 1.25 bits per heavy atom. The van der Waals surface area contributed by atoms with E-state index in [4.69, 9.17) is 0 Å². The van der Waals surface area contributed by atoms with Crippen LogP contribution in [0.3, 0.4) is 0 Å². The minimum Gasteiger partial charge on any atom is -0.0985 e. The highest BCUT2D eigenvalue weighted by Crippen LogP contribution is 2.35. The van der Waals surface area contributed by atoms with Gasteiger partial charge < -0.3 is 0 Å². The Balaban J connectivity index is 4.06. The molecule has 3 atom stereocenters. The number of hydrogen-bond acceptors (Lipinski definition) is 0. The van der Waals surface area contributed by atoms with Crippen molar-refractivity contribution in [2.45, 2.75) is 70.1 Å². The monoisotopic (exact) mass is 336 g/mol. The smallest absolute Gasteiger partial charge is 0.0399 e. The summed E-state index contributed by atoms with van der Waals surface area (Å²) in [6.07, 6.45) is 6.30. The van der Waals surface area contributed by atoms with Crippen LogP contribution in [0.4, 0.5) is 0 Å². The molecule has 2 unspecified atom stereocenters. The number of allylic oxidation sites excluding steroid dienone is 1. The molecule has 96 valence electrons. The van der Waals surface area contributed by atoms with Gasteiger partial charge in [-0.1, -0.05) is 75.3 Å². The van der Waals surface area contributed by atoms with Crippen molar-refractivity contribution in [3.8, 4) is 0 Å². The van der Waals surface area contributed by atoms with Crippen LogP contribution < -0.4 is 0 Å². The molecule has 0 rings (SSSR count). The van der Waals surface area contributed by atoms with Crippen molar-refractivity contribution in [2.75, 3.05) is 0 Å². The second-order valence-electron chi connectivity index (χ2n) is 5.45. The molecule has 0 aromatic rings. The van der Waals surface area contributed by atoms with E-state index in [9.17, 15) is 0 Å². The summed E-state index contributed by atoms with van der Waals surface area (Å²) in [5, 5.41) is 0. The quantitative estimate of drug-likeness (QED) is 0.290. The molecule has 0 spiro atoms. The second kappa shape index (κ2) is 7.73. The molecule has 0 aliphatic heterocycles. The standard InChI is InChI=1S/C15H29I/c1-7-11-15(6,16)14(5)10-9-13(4)12(3)8-2/h12-13H,5,7-11H2,1-4,6H3/t12?,13?,15-/m0/s1. The van der Waals surface area contributed by atoms with E-state index in [1.165, 1.54) is 37.7 Å². The highest BCUT2D eigenvalue weighted by atomic mass is 127. The zero-order chi connectivity index (χ0) is 12.8. The fraction of sp³-hybridized carbons (Fsp3) is 0.867. The predicted molar refractivity (Wildman–Crippen MR) is 84.3 cm³/mol. The van der Waals surface area contributed by atoms with Crippen LogP contribution in [-0.2, 0) is 0 Å². The highest BCUT2D eigenvalue weighted by Gasteiger charge is 2.23. The van der Waals surface area contributed by atoms with E-state index in [1.807, 2.05) is 0 Å². The lowest BCUT2D eigenvalue weighted by Gasteiger charge is -2.27. The van der Waals surface area contributed by atoms with Crippen molar-refractivity contribution >= 4 is 22.6 Å². The normalized spacial score (nSPS) is 18.9. The Morgan fingerprint density at radius 2 is 1.81 bits per heavy atom. The van der Waals surface area contributed by atoms with Gasteiger partial charge in [-0.15, -0.1) is 0 Å². The molecule has 0 radical (unpaired) electrons. The molecule has 0 saturated heterocycles. The van der Waals surface area contributed by atoms with E-state index < -0.39 is 0 Å². The van der Waals surface area contributed by atoms with Crippen LogP contribution in [0.25, 0.3) is 0 Å². The third-order valence-electron chi connectivity index (χ3n) is 3.97. The van der Waals surface area contributed by atoms with Gasteiger partial charge in [0.05, 0.1) is 0 Å². The van der Waals surface area contributed by atoms with Gasteiger partial charge >= 0.3 is 0 Å². The first-order valence-electron chi connectivity index (χ1n) is 6.72. The Hall–Kier alpha value is 0.470. The van der Waals surface area contributed by atoms with E-state index in [2.05, 4.69) is 63.8 Å². The Bertz CT molecular complexity index is 205. The van der Waals surface area contributed by atoms with Crippen LogP contribution in [0.2, 0.25) is 0 Å². The molecular weight excluding hydrogens is 307 g/mol. The van der Waals surface area contributed by atoms with Gasteiger partial charge in [0.2, 0.25) is 0 Å². The lowest BCUT2D eigenvalue weighted by Crippen LogP contribution is -2.19. The lowest BCUT2D eigenvalue weighted by atomic mass is 9.85. The first kappa shape index (κ1) is 16.5. The van der Waals surface area contributed by atoms with E-state index in [-0.39, 0.29) is 0 Å². The summed E-state index contributed by atoms with van der Waals surface area (Å²) in [4.78, 5) is 0. The third-order valence-corrected chi connectivity index (χ3v) is 5.28. The first-order chi connectivity index (χ1) is 7.35. The van der Waals surface area contributed by atoms with Crippen molar-refractivity contribution in [2.24, 2.45) is 11.8 Å². The summed E-state index contributed by atoms with van der Waals surface area (Å²) in [5.74, 6) is 1.68. The van der Waals surface area contributed by atoms with Crippen molar-refractivity contribution in [3.63, 3.8) is 0 Å². The molecule has 0 aromatic carbocycles. The predicted octanol–water partition coefficient (Wildman–Crippen LogP) is 6.00. The molecule has 0 fully saturated rings. The zero-order valence-corrected chi connectivity index (χ0v) is 13.9. The fourth-order valence-corrected chi connectivity index (χ4v) is 2.80. The second-order valence-corrected chi connectivity index (χ2v) is 7.83. The van der Waals surface area contributed by atoms with Crippen LogP contribution >= 0.6 is 22.6 Å². The summed E-state index contributed by atoms with van der Waals surface area (Å²) in [5.41, 5.74) is 1.44. The summed E-state index contributed by atoms with van der Waals surface area (Å²) in [7, 11) is 0. The van der Waals surface area contributed by atoms with Crippen LogP contribution in [0.15, 0.2) is 12.2 Å². The van der Waals surface area contributed by atoms with Crippen LogP contribution in [0.5, 0.6) is 0 Å². The van der Waals surface area contributed by atoms with E-state index in [0.29, 0.717) is 3.42 Å². The molecule has 0 heterocycles. The van der Waals surface area contributed by atoms with Gasteiger partial charge in [0, 0.05) is 3.42 Å². The Labute approximate surface area is 116 Å². The van der Waals surface area contributed by atoms with Gasteiger partial charge in [-0.05, 0) is 38.0 Å². The average Bonchev–Trinajstić information content (AvgIpc) is 2.23. The summed E-state index contributed by atoms with van der Waals surface area (Å²) >= 11 is 2.58. The van der Waals surface area contributed by atoms with E-state index >= 15 is 0 Å². The molecular formula is C15H29I. The molecule has 0 N–H and O–H groups in total. The van der Waals surface area contributed by atoms with E-state index in [0.717, 1.165) is 11.8 Å². The zero-order valence-electron chi connectivity index (χ0n) is 11.8. The Kier molecular flexibility index (Phi) is 7.96. The lowest BCUT2D eigenvalue weighted by molar-refractivity contribution is 0.352. The topological polar surface area (TPSA) is 0 Å². The van der Waals surface area contributed by atoms with Gasteiger partial charge in [-0.25, -0.2) is 0 Å². The van der Waals surface area contributed by atoms with Crippen LogP contribution in [-0.4, -0.2) is 3.42 Å². The summed E-state index contributed by atoms with van der Waals surface area (Å²) in [6, 6.07) is 0. The fourth-order valence-electron chi connectivity index (χ4n) is 2.00. The van der Waals surface area contributed by atoms with Crippen LogP contribution in [0.1, 0.15) is 66.7 Å². The molecule has 16 heavy (non-hydrogen) atoms. The molecule has 0 nitrogen and oxygen atoms in total. The molecule has 0 amide bonds. The molecule has 0 bridgehead atoms. The minimum atomic E-state index is 0.307. The van der Waals surface area contributed by atoms with Gasteiger partial charge in [0.15, 0.2) is 0 Å². The number of hydrogen-bond donors (Lipinski definition) is 0. The maximum Gasteiger partial charge on any atom is 0.0399 e. The van der Waals surface area contributed by atoms with Crippen molar-refractivity contribution in [1.29, 1.82) is 0 Å². The molecule has 0 saturated carbocycles. The summed E-state index contributed by atoms with van der Waals surface area (Å²) in [6.45, 7) is 15.9. The van der Waals surface area contributed by atoms with Gasteiger partial charge in [0.25, 0.3) is 0 Å².